The third-order valence-electron chi connectivity index (χ3n) is 4.43. The highest BCUT2D eigenvalue weighted by molar-refractivity contribution is 5.63. The van der Waals surface area contributed by atoms with Gasteiger partial charge in [0.15, 0.2) is 0 Å². The Bertz CT molecular complexity index is 780. The number of nitrogens with zero attached hydrogens (tertiary/aromatic N) is 2. The highest BCUT2D eigenvalue weighted by Crippen LogP contribution is 2.28. The molecule has 0 saturated carbocycles. The maximum absolute atomic E-state index is 11.2. The Balaban J connectivity index is 2.02. The van der Waals surface area contributed by atoms with Crippen molar-refractivity contribution in [3.8, 4) is 5.75 Å². The summed E-state index contributed by atoms with van der Waals surface area (Å²) in [6, 6.07) is 14.6. The van der Waals surface area contributed by atoms with E-state index in [1.165, 1.54) is 12.1 Å². The number of benzene rings is 2. The van der Waals surface area contributed by atoms with E-state index in [9.17, 15) is 20.0 Å². The summed E-state index contributed by atoms with van der Waals surface area (Å²) in [5.41, 5.74) is 1.21. The van der Waals surface area contributed by atoms with Crippen LogP contribution >= 0.6 is 0 Å². The predicted molar refractivity (Wildman–Crippen MR) is 106 cm³/mol. The lowest BCUT2D eigenvalue weighted by atomic mass is 10.1. The van der Waals surface area contributed by atoms with Crippen LogP contribution in [-0.4, -0.2) is 46.5 Å². The van der Waals surface area contributed by atoms with Crippen molar-refractivity contribution in [1.29, 1.82) is 0 Å². The largest absolute Gasteiger partial charge is 0.490 e. The van der Waals surface area contributed by atoms with Crippen LogP contribution in [0.15, 0.2) is 48.5 Å². The quantitative estimate of drug-likeness (QED) is 0.363. The van der Waals surface area contributed by atoms with Gasteiger partial charge in [-0.15, -0.1) is 0 Å². The third kappa shape index (κ3) is 6.14. The topological polar surface area (TPSA) is 92.9 Å². The van der Waals surface area contributed by atoms with Gasteiger partial charge < -0.3 is 14.6 Å². The van der Waals surface area contributed by atoms with E-state index in [-0.39, 0.29) is 36.1 Å². The van der Waals surface area contributed by atoms with Crippen LogP contribution in [0.2, 0.25) is 0 Å². The Hall–Kier alpha value is -2.77. The van der Waals surface area contributed by atoms with E-state index in [1.54, 1.807) is 6.07 Å². The van der Waals surface area contributed by atoms with Gasteiger partial charge in [0.2, 0.25) is 0 Å². The minimum absolute atomic E-state index is 0.0228. The fraction of sp³-hybridized carbons (Fsp3) is 0.381. The molecule has 2 aromatic rings. The molecule has 7 nitrogen and oxygen atoms in total. The molecule has 1 atom stereocenters. The van der Waals surface area contributed by atoms with Gasteiger partial charge in [-0.3, -0.25) is 15.0 Å². The zero-order chi connectivity index (χ0) is 20.5. The van der Waals surface area contributed by atoms with Crippen LogP contribution in [0.3, 0.4) is 0 Å². The number of rotatable bonds is 11. The van der Waals surface area contributed by atoms with Gasteiger partial charge in [0.05, 0.1) is 10.5 Å². The van der Waals surface area contributed by atoms with Gasteiger partial charge in [-0.05, 0) is 25.5 Å². The first-order chi connectivity index (χ1) is 13.4. The molecular weight excluding hydrogens is 360 g/mol. The fourth-order valence-electron chi connectivity index (χ4n) is 2.93. The predicted octanol–water partition coefficient (Wildman–Crippen LogP) is 2.99. The van der Waals surface area contributed by atoms with Gasteiger partial charge >= 0.3 is 0 Å². The molecule has 7 heteroatoms. The fourth-order valence-corrected chi connectivity index (χ4v) is 2.93. The zero-order valence-electron chi connectivity index (χ0n) is 16.2. The standard InChI is InChI=1S/C21H26N2O5/c1-16(2)22(13-17-7-4-3-5-8-17)14-18(25)15-28-21-10-6-9-20(23(26)27)19(21)11-12-24/h3-10,12,16,18,25H,11,13-15H2,1-2H3. The van der Waals surface area contributed by atoms with Crippen LogP contribution in [0.4, 0.5) is 5.69 Å². The summed E-state index contributed by atoms with van der Waals surface area (Å²) in [5.74, 6) is 0.250. The monoisotopic (exact) mass is 386 g/mol. The van der Waals surface area contributed by atoms with Crippen molar-refractivity contribution in [1.82, 2.24) is 4.90 Å². The molecule has 1 N–H and O–H groups in total. The molecule has 0 amide bonds. The van der Waals surface area contributed by atoms with Crippen molar-refractivity contribution in [2.24, 2.45) is 0 Å². The number of carbonyl (C=O) groups is 1. The molecule has 0 spiro atoms. The molecule has 0 aliphatic carbocycles. The summed E-state index contributed by atoms with van der Waals surface area (Å²) < 4.78 is 5.63. The van der Waals surface area contributed by atoms with Crippen molar-refractivity contribution in [3.63, 3.8) is 0 Å². The second kappa shape index (κ2) is 10.5. The molecule has 0 aliphatic heterocycles. The van der Waals surface area contributed by atoms with Gasteiger partial charge in [0.25, 0.3) is 5.69 Å². The first-order valence-corrected chi connectivity index (χ1v) is 9.21. The van der Waals surface area contributed by atoms with Crippen LogP contribution in [0.1, 0.15) is 25.0 Å². The molecule has 0 radical (unpaired) electrons. The van der Waals surface area contributed by atoms with Crippen LogP contribution in [0, 0.1) is 10.1 Å². The Labute approximate surface area is 164 Å². The molecule has 2 rings (SSSR count). The third-order valence-corrected chi connectivity index (χ3v) is 4.43. The lowest BCUT2D eigenvalue weighted by Crippen LogP contribution is -2.39. The van der Waals surface area contributed by atoms with Crippen LogP contribution in [0.5, 0.6) is 5.75 Å². The lowest BCUT2D eigenvalue weighted by molar-refractivity contribution is -0.385. The van der Waals surface area contributed by atoms with Gasteiger partial charge in [0.1, 0.15) is 24.7 Å². The van der Waals surface area contributed by atoms with Crippen LogP contribution in [0.25, 0.3) is 0 Å². The highest BCUT2D eigenvalue weighted by atomic mass is 16.6. The molecule has 1 unspecified atom stereocenters. The number of aldehydes is 1. The molecule has 0 saturated heterocycles. The Morgan fingerprint density at radius 1 is 1.18 bits per heavy atom. The average Bonchev–Trinajstić information content (AvgIpc) is 2.67. The summed E-state index contributed by atoms with van der Waals surface area (Å²) >= 11 is 0. The summed E-state index contributed by atoms with van der Waals surface area (Å²) in [7, 11) is 0. The van der Waals surface area contributed by atoms with Gasteiger partial charge in [-0.2, -0.15) is 0 Å². The van der Waals surface area contributed by atoms with Gasteiger partial charge in [0, 0.05) is 31.6 Å². The second-order valence-corrected chi connectivity index (χ2v) is 6.86. The van der Waals surface area contributed by atoms with E-state index >= 15 is 0 Å². The number of aliphatic hydroxyl groups excluding tert-OH is 1. The number of hydrogen-bond donors (Lipinski definition) is 1. The zero-order valence-corrected chi connectivity index (χ0v) is 16.2. The van der Waals surface area contributed by atoms with Gasteiger partial charge in [-0.25, -0.2) is 0 Å². The summed E-state index contributed by atoms with van der Waals surface area (Å²) in [6.45, 7) is 5.18. The second-order valence-electron chi connectivity index (χ2n) is 6.86. The van der Waals surface area contributed by atoms with E-state index in [2.05, 4.69) is 18.7 Å². The molecule has 0 aliphatic rings. The van der Waals surface area contributed by atoms with Gasteiger partial charge in [-0.1, -0.05) is 36.4 Å². The number of aliphatic hydroxyl groups is 1. The maximum atomic E-state index is 11.2. The maximum Gasteiger partial charge on any atom is 0.276 e. The first-order valence-electron chi connectivity index (χ1n) is 9.21. The normalized spacial score (nSPS) is 12.2. The smallest absolute Gasteiger partial charge is 0.276 e. The lowest BCUT2D eigenvalue weighted by Gasteiger charge is -2.29. The van der Waals surface area contributed by atoms with Crippen molar-refractivity contribution < 1.29 is 19.6 Å². The Morgan fingerprint density at radius 2 is 1.89 bits per heavy atom. The van der Waals surface area contributed by atoms with Crippen LogP contribution in [-0.2, 0) is 17.8 Å². The molecule has 2 aromatic carbocycles. The molecule has 0 aromatic heterocycles. The van der Waals surface area contributed by atoms with E-state index in [0.29, 0.717) is 19.4 Å². The molecule has 0 heterocycles. The number of nitro groups is 1. The minimum atomic E-state index is -0.783. The molecule has 150 valence electrons. The van der Waals surface area contributed by atoms with E-state index < -0.39 is 11.0 Å². The van der Waals surface area contributed by atoms with Crippen molar-refractivity contribution in [3.05, 3.63) is 69.8 Å². The Morgan fingerprint density at radius 3 is 2.50 bits per heavy atom. The number of hydrogen-bond acceptors (Lipinski definition) is 6. The minimum Gasteiger partial charge on any atom is -0.490 e. The van der Waals surface area contributed by atoms with Crippen LogP contribution < -0.4 is 4.74 Å². The SMILES string of the molecule is CC(C)N(Cc1ccccc1)CC(O)COc1cccc([N+](=O)[O-])c1CC=O. The Kier molecular flexibility index (Phi) is 8.10. The molecular formula is C21H26N2O5. The number of carbonyl (C=O) groups excluding carboxylic acids is 1. The van der Waals surface area contributed by atoms with Crippen molar-refractivity contribution >= 4 is 12.0 Å². The van der Waals surface area contributed by atoms with Crippen molar-refractivity contribution in [2.75, 3.05) is 13.2 Å². The van der Waals surface area contributed by atoms with E-state index in [1.807, 2.05) is 30.3 Å². The molecule has 0 fully saturated rings. The molecule has 28 heavy (non-hydrogen) atoms. The van der Waals surface area contributed by atoms with Crippen molar-refractivity contribution in [2.45, 2.75) is 39.0 Å². The average molecular weight is 386 g/mol. The highest BCUT2D eigenvalue weighted by Gasteiger charge is 2.20. The summed E-state index contributed by atoms with van der Waals surface area (Å²) in [6.07, 6.45) is -0.296. The first kappa shape index (κ1) is 21.5. The summed E-state index contributed by atoms with van der Waals surface area (Å²) in [4.78, 5) is 23.6. The summed E-state index contributed by atoms with van der Waals surface area (Å²) in [5, 5.41) is 21.6. The molecule has 0 bridgehead atoms. The number of nitro benzene ring substituents is 1. The number of ether oxygens (including phenoxy) is 1. The van der Waals surface area contributed by atoms with E-state index in [4.69, 9.17) is 4.74 Å². The van der Waals surface area contributed by atoms with E-state index in [0.717, 1.165) is 5.56 Å².